The summed E-state index contributed by atoms with van der Waals surface area (Å²) in [5, 5.41) is 0. The van der Waals surface area contributed by atoms with E-state index in [1.165, 1.54) is 38.5 Å². The molecule has 2 atom stereocenters. The van der Waals surface area contributed by atoms with Gasteiger partial charge in [0.2, 0.25) is 0 Å². The highest BCUT2D eigenvalue weighted by Crippen LogP contribution is 2.41. The third-order valence-corrected chi connectivity index (χ3v) is 3.97. The summed E-state index contributed by atoms with van der Waals surface area (Å²) in [6.07, 6.45) is 15.4. The van der Waals surface area contributed by atoms with Gasteiger partial charge in [-0.1, -0.05) is 51.4 Å². The minimum Gasteiger partial charge on any atom is -0.0533 e. The van der Waals surface area contributed by atoms with Crippen molar-refractivity contribution >= 4 is 0 Å². The van der Waals surface area contributed by atoms with Crippen LogP contribution < -0.4 is 0 Å². The molecular weight excluding hydrogens is 144 g/mol. The van der Waals surface area contributed by atoms with E-state index >= 15 is 0 Å². The van der Waals surface area contributed by atoms with Crippen LogP contribution in [0.2, 0.25) is 0 Å². The zero-order valence-electron chi connectivity index (χ0n) is 8.23. The molecule has 0 heterocycles. The molecule has 0 aliphatic heterocycles. The van der Waals surface area contributed by atoms with Crippen molar-refractivity contribution in [2.24, 2.45) is 11.8 Å². The molecule has 0 saturated heterocycles. The van der Waals surface area contributed by atoms with Crippen LogP contribution >= 0.6 is 0 Å². The van der Waals surface area contributed by atoms with Gasteiger partial charge in [-0.3, -0.25) is 0 Å². The number of rotatable bonds is 0. The normalized spacial score (nSPS) is 38.0. The van der Waals surface area contributed by atoms with Gasteiger partial charge >= 0.3 is 0 Å². The molecule has 0 heteroatoms. The second-order valence-electron chi connectivity index (χ2n) is 4.80. The van der Waals surface area contributed by atoms with Crippen LogP contribution in [0, 0.1) is 11.8 Å². The number of hydrogen-bond acceptors (Lipinski definition) is 0. The second kappa shape index (κ2) is 4.30. The van der Waals surface area contributed by atoms with Gasteiger partial charge in [0, 0.05) is 0 Å². The monoisotopic (exact) mass is 166 g/mol. The molecule has 2 unspecified atom stereocenters. The van der Waals surface area contributed by atoms with Crippen molar-refractivity contribution in [2.75, 3.05) is 0 Å². The Bertz CT molecular complexity index is 112. The van der Waals surface area contributed by atoms with E-state index in [2.05, 4.69) is 0 Å². The Kier molecular flexibility index (Phi) is 3.08. The molecule has 0 nitrogen and oxygen atoms in total. The molecule has 70 valence electrons. The maximum atomic E-state index is 1.56. The molecule has 0 aromatic carbocycles. The first kappa shape index (κ1) is 8.59. The van der Waals surface area contributed by atoms with Crippen molar-refractivity contribution in [3.63, 3.8) is 0 Å². The molecule has 12 heavy (non-hydrogen) atoms. The van der Waals surface area contributed by atoms with E-state index in [1.807, 2.05) is 0 Å². The summed E-state index contributed by atoms with van der Waals surface area (Å²) in [7, 11) is 0. The fourth-order valence-corrected chi connectivity index (χ4v) is 2.92. The average molecular weight is 166 g/mol. The van der Waals surface area contributed by atoms with Crippen LogP contribution in [0.1, 0.15) is 64.2 Å². The van der Waals surface area contributed by atoms with Gasteiger partial charge in [-0.05, 0) is 24.7 Å². The quantitative estimate of drug-likeness (QED) is 0.507. The van der Waals surface area contributed by atoms with Gasteiger partial charge < -0.3 is 0 Å². The van der Waals surface area contributed by atoms with Crippen molar-refractivity contribution in [2.45, 2.75) is 64.2 Å². The first-order valence-electron chi connectivity index (χ1n) is 5.97. The standard InChI is InChI=1S/C12H22/c1-2-4-6-8-12-10-9-11(12)7-5-3-1/h11-12H,1-10H2. The summed E-state index contributed by atoms with van der Waals surface area (Å²) >= 11 is 0. The summed E-state index contributed by atoms with van der Waals surface area (Å²) in [4.78, 5) is 0. The topological polar surface area (TPSA) is 0 Å². The van der Waals surface area contributed by atoms with Crippen LogP contribution in [-0.4, -0.2) is 0 Å². The Morgan fingerprint density at radius 1 is 0.417 bits per heavy atom. The largest absolute Gasteiger partial charge is 0.0533 e. The van der Waals surface area contributed by atoms with Gasteiger partial charge in [0.1, 0.15) is 0 Å². The average Bonchev–Trinajstić information content (AvgIpc) is 2.05. The summed E-state index contributed by atoms with van der Waals surface area (Å²) in [6.45, 7) is 0. The van der Waals surface area contributed by atoms with Crippen LogP contribution in [0.15, 0.2) is 0 Å². The maximum Gasteiger partial charge on any atom is -0.0386 e. The van der Waals surface area contributed by atoms with Crippen LogP contribution in [0.25, 0.3) is 0 Å². The van der Waals surface area contributed by atoms with E-state index in [9.17, 15) is 0 Å². The first-order valence-corrected chi connectivity index (χ1v) is 5.97. The Balaban J connectivity index is 1.76. The van der Waals surface area contributed by atoms with E-state index in [0.29, 0.717) is 0 Å². The van der Waals surface area contributed by atoms with Gasteiger partial charge in [0.05, 0.1) is 0 Å². The van der Waals surface area contributed by atoms with Crippen LogP contribution in [0.3, 0.4) is 0 Å². The van der Waals surface area contributed by atoms with Gasteiger partial charge in [0.25, 0.3) is 0 Å². The Hall–Kier alpha value is 0. The van der Waals surface area contributed by atoms with Gasteiger partial charge in [-0.2, -0.15) is 0 Å². The summed E-state index contributed by atoms with van der Waals surface area (Å²) in [6, 6.07) is 0. The third kappa shape index (κ3) is 2.02. The van der Waals surface area contributed by atoms with E-state index in [0.717, 1.165) is 11.8 Å². The molecule has 0 aromatic heterocycles. The highest BCUT2D eigenvalue weighted by molar-refractivity contribution is 4.80. The Morgan fingerprint density at radius 3 is 1.25 bits per heavy atom. The molecular formula is C12H22. The first-order chi connectivity index (χ1) is 5.97. The van der Waals surface area contributed by atoms with Crippen LogP contribution in [0.5, 0.6) is 0 Å². The zero-order chi connectivity index (χ0) is 8.23. The van der Waals surface area contributed by atoms with E-state index in [4.69, 9.17) is 0 Å². The molecule has 2 fully saturated rings. The highest BCUT2D eigenvalue weighted by atomic mass is 14.3. The van der Waals surface area contributed by atoms with E-state index in [-0.39, 0.29) is 0 Å². The van der Waals surface area contributed by atoms with Crippen molar-refractivity contribution in [3.05, 3.63) is 0 Å². The van der Waals surface area contributed by atoms with Crippen LogP contribution in [0.4, 0.5) is 0 Å². The van der Waals surface area contributed by atoms with Crippen molar-refractivity contribution in [1.29, 1.82) is 0 Å². The lowest BCUT2D eigenvalue weighted by molar-refractivity contribution is 0.142. The SMILES string of the molecule is C1CCCCC2CCC2CCC1. The lowest BCUT2D eigenvalue weighted by Gasteiger charge is -2.37. The third-order valence-electron chi connectivity index (χ3n) is 3.97. The molecule has 2 saturated carbocycles. The molecule has 2 rings (SSSR count). The molecule has 0 radical (unpaired) electrons. The molecule has 0 bridgehead atoms. The summed E-state index contributed by atoms with van der Waals surface area (Å²) in [5.41, 5.74) is 0. The van der Waals surface area contributed by atoms with Gasteiger partial charge in [-0.15, -0.1) is 0 Å². The maximum absolute atomic E-state index is 1.56. The fourth-order valence-electron chi connectivity index (χ4n) is 2.92. The fraction of sp³-hybridized carbons (Fsp3) is 1.00. The molecule has 2 aliphatic rings. The predicted octanol–water partition coefficient (Wildman–Crippen LogP) is 4.15. The summed E-state index contributed by atoms with van der Waals surface area (Å²) < 4.78 is 0. The Morgan fingerprint density at radius 2 is 0.833 bits per heavy atom. The van der Waals surface area contributed by atoms with E-state index in [1.54, 1.807) is 25.7 Å². The molecule has 0 amide bonds. The number of fused-ring (bicyclic) bond motifs is 1. The minimum absolute atomic E-state index is 1.16. The molecule has 0 spiro atoms. The van der Waals surface area contributed by atoms with Crippen LogP contribution in [-0.2, 0) is 0 Å². The molecule has 0 N–H and O–H groups in total. The molecule has 2 aliphatic carbocycles. The minimum atomic E-state index is 1.16. The lowest BCUT2D eigenvalue weighted by Crippen LogP contribution is -2.25. The van der Waals surface area contributed by atoms with Crippen molar-refractivity contribution in [3.8, 4) is 0 Å². The zero-order valence-corrected chi connectivity index (χ0v) is 8.23. The van der Waals surface area contributed by atoms with E-state index < -0.39 is 0 Å². The van der Waals surface area contributed by atoms with Gasteiger partial charge in [-0.25, -0.2) is 0 Å². The highest BCUT2D eigenvalue weighted by Gasteiger charge is 2.29. The Labute approximate surface area is 76.7 Å². The van der Waals surface area contributed by atoms with Crippen molar-refractivity contribution < 1.29 is 0 Å². The smallest absolute Gasteiger partial charge is 0.0386 e. The number of hydrogen-bond donors (Lipinski definition) is 0. The molecule has 0 aromatic rings. The lowest BCUT2D eigenvalue weighted by atomic mass is 9.68. The van der Waals surface area contributed by atoms with Gasteiger partial charge in [0.15, 0.2) is 0 Å². The summed E-state index contributed by atoms with van der Waals surface area (Å²) in [5.74, 6) is 2.31. The van der Waals surface area contributed by atoms with Crippen molar-refractivity contribution in [1.82, 2.24) is 0 Å². The second-order valence-corrected chi connectivity index (χ2v) is 4.80. The predicted molar refractivity (Wildman–Crippen MR) is 53.2 cm³/mol.